The zero-order chi connectivity index (χ0) is 18.9. The molecule has 1 aromatic carbocycles. The third-order valence-corrected chi connectivity index (χ3v) is 4.95. The van der Waals surface area contributed by atoms with Crippen molar-refractivity contribution in [3.63, 3.8) is 0 Å². The van der Waals surface area contributed by atoms with Gasteiger partial charge in [0.05, 0.1) is 19.1 Å². The van der Waals surface area contributed by atoms with Crippen LogP contribution in [0.5, 0.6) is 5.75 Å². The molecule has 1 aliphatic rings. The largest absolute Gasteiger partial charge is 0.497 e. The quantitative estimate of drug-likeness (QED) is 0.852. The fourth-order valence-corrected chi connectivity index (χ4v) is 3.36. The van der Waals surface area contributed by atoms with Gasteiger partial charge >= 0.3 is 5.97 Å². The first kappa shape index (κ1) is 17.9. The number of hydrogen-bond acceptors (Lipinski definition) is 5. The highest BCUT2D eigenvalue weighted by molar-refractivity contribution is 6.07. The molecule has 6 heteroatoms. The van der Waals surface area contributed by atoms with Crippen molar-refractivity contribution in [2.45, 2.75) is 32.1 Å². The summed E-state index contributed by atoms with van der Waals surface area (Å²) >= 11 is 0. The summed E-state index contributed by atoms with van der Waals surface area (Å²) in [5.41, 5.74) is 0.342. The van der Waals surface area contributed by atoms with E-state index in [0.717, 1.165) is 5.56 Å². The number of aromatic amines is 1. The monoisotopic (exact) mass is 355 g/mol. The minimum atomic E-state index is -0.758. The first-order valence-electron chi connectivity index (χ1n) is 8.53. The summed E-state index contributed by atoms with van der Waals surface area (Å²) in [6.45, 7) is 3.70. The van der Waals surface area contributed by atoms with Crippen molar-refractivity contribution in [3.8, 4) is 5.75 Å². The van der Waals surface area contributed by atoms with Gasteiger partial charge in [-0.1, -0.05) is 12.1 Å². The number of hydrogen-bond donors (Lipinski definition) is 1. The minimum absolute atomic E-state index is 0.131. The van der Waals surface area contributed by atoms with Gasteiger partial charge in [0, 0.05) is 11.3 Å². The van der Waals surface area contributed by atoms with E-state index < -0.39 is 16.9 Å². The molecule has 1 unspecified atom stereocenters. The van der Waals surface area contributed by atoms with E-state index in [1.165, 1.54) is 6.07 Å². The van der Waals surface area contributed by atoms with Crippen LogP contribution in [-0.2, 0) is 16.6 Å². The number of ether oxygens (including phenoxy) is 2. The number of methoxy groups -OCH3 is 1. The van der Waals surface area contributed by atoms with Crippen LogP contribution in [0.25, 0.3) is 0 Å². The van der Waals surface area contributed by atoms with Gasteiger partial charge in [-0.05, 0) is 50.5 Å². The van der Waals surface area contributed by atoms with E-state index >= 15 is 0 Å². The van der Waals surface area contributed by atoms with E-state index in [0.29, 0.717) is 29.8 Å². The first-order chi connectivity index (χ1) is 12.4. The second kappa shape index (κ2) is 6.78. The van der Waals surface area contributed by atoms with Crippen LogP contribution in [0.3, 0.4) is 0 Å². The smallest absolute Gasteiger partial charge is 0.343 e. The minimum Gasteiger partial charge on any atom is -0.497 e. The third-order valence-electron chi connectivity index (χ3n) is 4.95. The zero-order valence-corrected chi connectivity index (χ0v) is 15.0. The summed E-state index contributed by atoms with van der Waals surface area (Å²) in [5, 5.41) is 0. The van der Waals surface area contributed by atoms with Crippen LogP contribution >= 0.6 is 0 Å². The number of H-pyrrole nitrogens is 1. The average Bonchev–Trinajstić information content (AvgIpc) is 2.65. The number of carbonyl (C=O) groups excluding carboxylic acids is 2. The summed E-state index contributed by atoms with van der Waals surface area (Å²) in [6, 6.07) is 8.78. The Morgan fingerprint density at radius 2 is 2.04 bits per heavy atom. The molecule has 0 saturated heterocycles. The van der Waals surface area contributed by atoms with E-state index in [1.807, 2.05) is 31.2 Å². The first-order valence-corrected chi connectivity index (χ1v) is 8.53. The van der Waals surface area contributed by atoms with Gasteiger partial charge in [-0.25, -0.2) is 4.79 Å². The van der Waals surface area contributed by atoms with Crippen molar-refractivity contribution in [3.05, 3.63) is 63.1 Å². The topological polar surface area (TPSA) is 85.5 Å². The van der Waals surface area contributed by atoms with E-state index in [1.54, 1.807) is 14.0 Å². The van der Waals surface area contributed by atoms with Gasteiger partial charge in [-0.2, -0.15) is 0 Å². The molecule has 3 rings (SSSR count). The van der Waals surface area contributed by atoms with Gasteiger partial charge in [0.2, 0.25) is 0 Å². The lowest BCUT2D eigenvalue weighted by atomic mass is 9.69. The molecule has 136 valence electrons. The lowest BCUT2D eigenvalue weighted by Crippen LogP contribution is -2.39. The van der Waals surface area contributed by atoms with Gasteiger partial charge in [-0.3, -0.25) is 9.59 Å². The molecule has 0 saturated carbocycles. The number of esters is 1. The molecule has 0 amide bonds. The van der Waals surface area contributed by atoms with Crippen LogP contribution in [0.4, 0.5) is 0 Å². The molecule has 0 radical (unpaired) electrons. The van der Waals surface area contributed by atoms with Crippen molar-refractivity contribution < 1.29 is 19.1 Å². The lowest BCUT2D eigenvalue weighted by molar-refractivity contribution is 0.0524. The molecule has 2 aromatic rings. The lowest BCUT2D eigenvalue weighted by Gasteiger charge is -2.33. The Labute approximate surface area is 151 Å². The summed E-state index contributed by atoms with van der Waals surface area (Å²) in [6.07, 6.45) is 1.09. The molecule has 1 aliphatic carbocycles. The second-order valence-electron chi connectivity index (χ2n) is 6.52. The number of rotatable bonds is 4. The molecular weight excluding hydrogens is 334 g/mol. The van der Waals surface area contributed by atoms with Crippen molar-refractivity contribution in [2.24, 2.45) is 0 Å². The van der Waals surface area contributed by atoms with E-state index in [9.17, 15) is 14.4 Å². The Bertz CT molecular complexity index is 930. The van der Waals surface area contributed by atoms with Crippen LogP contribution in [0, 0.1) is 0 Å². The molecular formula is C20H21NO5. The predicted molar refractivity (Wildman–Crippen MR) is 96.0 cm³/mol. The number of aryl methyl sites for hydroxylation is 1. The van der Waals surface area contributed by atoms with E-state index in [4.69, 9.17) is 9.47 Å². The summed E-state index contributed by atoms with van der Waals surface area (Å²) in [5.74, 6) is -0.178. The summed E-state index contributed by atoms with van der Waals surface area (Å²) in [7, 11) is 1.58. The van der Waals surface area contributed by atoms with Gasteiger partial charge in [0.1, 0.15) is 11.3 Å². The van der Waals surface area contributed by atoms with Gasteiger partial charge in [-0.15, -0.1) is 0 Å². The van der Waals surface area contributed by atoms with Crippen LogP contribution in [0.15, 0.2) is 35.1 Å². The van der Waals surface area contributed by atoms with Crippen molar-refractivity contribution in [2.75, 3.05) is 13.7 Å². The van der Waals surface area contributed by atoms with Gasteiger partial charge < -0.3 is 14.5 Å². The maximum Gasteiger partial charge on any atom is 0.343 e. The molecule has 0 fully saturated rings. The van der Waals surface area contributed by atoms with Gasteiger partial charge in [0.25, 0.3) is 5.56 Å². The number of aromatic nitrogens is 1. The van der Waals surface area contributed by atoms with E-state index in [2.05, 4.69) is 4.98 Å². The summed E-state index contributed by atoms with van der Waals surface area (Å²) in [4.78, 5) is 40.1. The number of pyridine rings is 1. The highest BCUT2D eigenvalue weighted by atomic mass is 16.5. The van der Waals surface area contributed by atoms with Crippen LogP contribution in [0.2, 0.25) is 0 Å². The van der Waals surface area contributed by atoms with Crippen LogP contribution < -0.4 is 10.3 Å². The molecule has 1 N–H and O–H groups in total. The molecule has 0 spiro atoms. The average molecular weight is 355 g/mol. The maximum absolute atomic E-state index is 13.3. The second-order valence-corrected chi connectivity index (χ2v) is 6.52. The SMILES string of the molecule is CCOC(=O)c1cc2c([nH]c1=O)CCC(C)(c1cccc(OC)c1)C2=O. The Hall–Kier alpha value is -2.89. The number of carbonyl (C=O) groups is 2. The molecule has 6 nitrogen and oxygen atoms in total. The Kier molecular flexibility index (Phi) is 4.68. The van der Waals surface area contributed by atoms with E-state index in [-0.39, 0.29) is 18.0 Å². The zero-order valence-electron chi connectivity index (χ0n) is 15.0. The molecule has 26 heavy (non-hydrogen) atoms. The van der Waals surface area contributed by atoms with Crippen LogP contribution in [-0.4, -0.2) is 30.5 Å². The summed E-state index contributed by atoms with van der Waals surface area (Å²) < 4.78 is 10.2. The standard InChI is InChI=1S/C20H21NO5/c1-4-26-19(24)15-11-14-16(21-18(15)23)8-9-20(2,17(14)22)12-6-5-7-13(10-12)25-3/h5-7,10-11H,4,8-9H2,1-3H3,(H,21,23). The van der Waals surface area contributed by atoms with Crippen LogP contribution in [0.1, 0.15) is 52.2 Å². The Morgan fingerprint density at radius 1 is 1.27 bits per heavy atom. The molecule has 0 aliphatic heterocycles. The predicted octanol–water partition coefficient (Wildman–Crippen LogP) is 2.65. The van der Waals surface area contributed by atoms with Crippen molar-refractivity contribution in [1.29, 1.82) is 0 Å². The molecule has 1 aromatic heterocycles. The Balaban J connectivity index is 2.07. The number of ketones is 1. The number of nitrogens with one attached hydrogen (secondary N) is 1. The van der Waals surface area contributed by atoms with Gasteiger partial charge in [0.15, 0.2) is 5.78 Å². The number of Topliss-reactive ketones (excluding diaryl/α,β-unsaturated/α-hetero) is 1. The molecule has 1 heterocycles. The number of fused-ring (bicyclic) bond motifs is 1. The number of benzene rings is 1. The Morgan fingerprint density at radius 3 is 2.73 bits per heavy atom. The highest BCUT2D eigenvalue weighted by Crippen LogP contribution is 2.38. The third kappa shape index (κ3) is 2.92. The maximum atomic E-state index is 13.3. The van der Waals surface area contributed by atoms with Crippen molar-refractivity contribution >= 4 is 11.8 Å². The fraction of sp³-hybridized carbons (Fsp3) is 0.350. The normalized spacial score (nSPS) is 19.0. The fourth-order valence-electron chi connectivity index (χ4n) is 3.36. The highest BCUT2D eigenvalue weighted by Gasteiger charge is 2.41. The molecule has 1 atom stereocenters. The molecule has 0 bridgehead atoms. The van der Waals surface area contributed by atoms with Crippen molar-refractivity contribution in [1.82, 2.24) is 4.98 Å².